The largest absolute Gasteiger partial charge is 0.311 e. The predicted molar refractivity (Wildman–Crippen MR) is 86.3 cm³/mol. The summed E-state index contributed by atoms with van der Waals surface area (Å²) in [6.45, 7) is 3.61. The summed E-state index contributed by atoms with van der Waals surface area (Å²) < 4.78 is 4.94. The van der Waals surface area contributed by atoms with Crippen molar-refractivity contribution in [3.05, 3.63) is 41.0 Å². The first-order valence-electron chi connectivity index (χ1n) is 6.78. The maximum absolute atomic E-state index is 6.26. The van der Waals surface area contributed by atoms with E-state index in [1.165, 1.54) is 0 Å². The first-order valence-corrected chi connectivity index (χ1v) is 8.01. The van der Waals surface area contributed by atoms with Crippen LogP contribution >= 0.6 is 27.5 Å². The van der Waals surface area contributed by atoms with Gasteiger partial charge < -0.3 is 4.57 Å². The molecule has 3 rings (SSSR count). The maximum Gasteiger partial charge on any atom is 0.160 e. The minimum atomic E-state index is -0.150. The highest BCUT2D eigenvalue weighted by Crippen LogP contribution is 2.25. The van der Waals surface area contributed by atoms with E-state index in [0.717, 1.165) is 41.0 Å². The van der Waals surface area contributed by atoms with Crippen LogP contribution in [0.1, 0.15) is 24.5 Å². The molecule has 5 nitrogen and oxygen atoms in total. The highest BCUT2D eigenvalue weighted by atomic mass is 79.9. The Morgan fingerprint density at radius 1 is 1.38 bits per heavy atom. The smallest absolute Gasteiger partial charge is 0.160 e. The van der Waals surface area contributed by atoms with Gasteiger partial charge in [0.2, 0.25) is 0 Å². The molecule has 0 N–H and O–H groups in total. The molecule has 0 aliphatic heterocycles. The highest BCUT2D eigenvalue weighted by molar-refractivity contribution is 9.10. The Morgan fingerprint density at radius 2 is 2.24 bits per heavy atom. The van der Waals surface area contributed by atoms with Crippen molar-refractivity contribution in [2.24, 2.45) is 0 Å². The average Bonchev–Trinajstić information content (AvgIpc) is 3.06. The van der Waals surface area contributed by atoms with Crippen LogP contribution in [-0.2, 0) is 13.1 Å². The number of aromatic nitrogens is 5. The molecule has 0 saturated carbocycles. The molecule has 0 aliphatic rings. The SMILES string of the molecule is CC(Cl)c1nc2cc(Br)cnc2n1CCCn1cccn1. The van der Waals surface area contributed by atoms with Crippen molar-refractivity contribution in [1.82, 2.24) is 24.3 Å². The van der Waals surface area contributed by atoms with E-state index in [9.17, 15) is 0 Å². The quantitative estimate of drug-likeness (QED) is 0.644. The number of rotatable bonds is 5. The van der Waals surface area contributed by atoms with Crippen molar-refractivity contribution in [3.63, 3.8) is 0 Å². The number of alkyl halides is 1. The molecule has 3 aromatic heterocycles. The van der Waals surface area contributed by atoms with Crippen LogP contribution in [0.25, 0.3) is 11.2 Å². The van der Waals surface area contributed by atoms with Crippen LogP contribution in [0.4, 0.5) is 0 Å². The van der Waals surface area contributed by atoms with E-state index in [-0.39, 0.29) is 5.38 Å². The molecular formula is C14H15BrClN5. The van der Waals surface area contributed by atoms with E-state index in [1.54, 1.807) is 12.4 Å². The minimum Gasteiger partial charge on any atom is -0.311 e. The molecule has 0 radical (unpaired) electrons. The summed E-state index contributed by atoms with van der Waals surface area (Å²) in [7, 11) is 0. The summed E-state index contributed by atoms with van der Waals surface area (Å²) in [5.74, 6) is 0.859. The molecule has 0 aromatic carbocycles. The Kier molecular flexibility index (Phi) is 4.26. The molecule has 110 valence electrons. The van der Waals surface area contributed by atoms with Gasteiger partial charge in [0.05, 0.1) is 5.38 Å². The summed E-state index contributed by atoms with van der Waals surface area (Å²) in [6.07, 6.45) is 6.49. The lowest BCUT2D eigenvalue weighted by Crippen LogP contribution is -2.08. The first kappa shape index (κ1) is 14.5. The monoisotopic (exact) mass is 367 g/mol. The van der Waals surface area contributed by atoms with Gasteiger partial charge in [-0.1, -0.05) is 0 Å². The van der Waals surface area contributed by atoms with E-state index in [0.29, 0.717) is 0 Å². The van der Waals surface area contributed by atoms with Gasteiger partial charge in [0.15, 0.2) is 5.65 Å². The molecule has 1 atom stereocenters. The summed E-state index contributed by atoms with van der Waals surface area (Å²) in [6, 6.07) is 3.90. The Balaban J connectivity index is 1.86. The zero-order valence-corrected chi connectivity index (χ0v) is 13.9. The molecular weight excluding hydrogens is 354 g/mol. The summed E-state index contributed by atoms with van der Waals surface area (Å²) >= 11 is 9.68. The zero-order chi connectivity index (χ0) is 14.8. The lowest BCUT2D eigenvalue weighted by Gasteiger charge is -2.10. The molecule has 0 bridgehead atoms. The molecule has 0 amide bonds. The lowest BCUT2D eigenvalue weighted by molar-refractivity contribution is 0.521. The van der Waals surface area contributed by atoms with Crippen LogP contribution in [0.3, 0.4) is 0 Å². The van der Waals surface area contributed by atoms with Crippen molar-refractivity contribution >= 4 is 38.7 Å². The third-order valence-electron chi connectivity index (χ3n) is 3.27. The summed E-state index contributed by atoms with van der Waals surface area (Å²) in [4.78, 5) is 9.08. The molecule has 3 heterocycles. The Bertz CT molecular complexity index is 735. The summed E-state index contributed by atoms with van der Waals surface area (Å²) in [5.41, 5.74) is 1.74. The van der Waals surface area contributed by atoms with Crippen molar-refractivity contribution in [3.8, 4) is 0 Å². The van der Waals surface area contributed by atoms with Gasteiger partial charge >= 0.3 is 0 Å². The highest BCUT2D eigenvalue weighted by Gasteiger charge is 2.15. The van der Waals surface area contributed by atoms with E-state index < -0.39 is 0 Å². The molecule has 0 aliphatic carbocycles. The number of hydrogen-bond acceptors (Lipinski definition) is 3. The van der Waals surface area contributed by atoms with Gasteiger partial charge in [0, 0.05) is 36.2 Å². The van der Waals surface area contributed by atoms with Crippen molar-refractivity contribution < 1.29 is 0 Å². The fourth-order valence-corrected chi connectivity index (χ4v) is 2.84. The lowest BCUT2D eigenvalue weighted by atomic mass is 10.3. The third kappa shape index (κ3) is 3.11. The second-order valence-corrected chi connectivity index (χ2v) is 6.43. The Labute approximate surface area is 136 Å². The zero-order valence-electron chi connectivity index (χ0n) is 11.6. The second kappa shape index (κ2) is 6.15. The van der Waals surface area contributed by atoms with Gasteiger partial charge in [-0.25, -0.2) is 9.97 Å². The fourth-order valence-electron chi connectivity index (χ4n) is 2.35. The van der Waals surface area contributed by atoms with Gasteiger partial charge in [-0.15, -0.1) is 11.6 Å². The number of aryl methyl sites for hydroxylation is 2. The van der Waals surface area contributed by atoms with E-state index in [4.69, 9.17) is 11.6 Å². The van der Waals surface area contributed by atoms with Crippen molar-refractivity contribution in [2.45, 2.75) is 31.8 Å². The van der Waals surface area contributed by atoms with Crippen LogP contribution in [-0.4, -0.2) is 24.3 Å². The number of pyridine rings is 1. The van der Waals surface area contributed by atoms with E-state index in [2.05, 4.69) is 35.6 Å². The Hall–Kier alpha value is -1.40. The molecule has 7 heteroatoms. The summed E-state index contributed by atoms with van der Waals surface area (Å²) in [5, 5.41) is 4.06. The first-order chi connectivity index (χ1) is 10.1. The number of halogens is 2. The van der Waals surface area contributed by atoms with E-state index >= 15 is 0 Å². The second-order valence-electron chi connectivity index (χ2n) is 4.86. The number of fused-ring (bicyclic) bond motifs is 1. The topological polar surface area (TPSA) is 48.5 Å². The van der Waals surface area contributed by atoms with Gasteiger partial charge in [0.1, 0.15) is 11.3 Å². The normalized spacial score (nSPS) is 12.9. The van der Waals surface area contributed by atoms with Gasteiger partial charge in [0.25, 0.3) is 0 Å². The van der Waals surface area contributed by atoms with Crippen LogP contribution in [0.15, 0.2) is 35.2 Å². The molecule has 0 spiro atoms. The number of hydrogen-bond donors (Lipinski definition) is 0. The van der Waals surface area contributed by atoms with Gasteiger partial charge in [-0.2, -0.15) is 5.10 Å². The third-order valence-corrected chi connectivity index (χ3v) is 3.89. The van der Waals surface area contributed by atoms with Crippen LogP contribution < -0.4 is 0 Å². The van der Waals surface area contributed by atoms with Crippen molar-refractivity contribution in [1.29, 1.82) is 0 Å². The molecule has 1 unspecified atom stereocenters. The number of nitrogens with zero attached hydrogens (tertiary/aromatic N) is 5. The van der Waals surface area contributed by atoms with Gasteiger partial charge in [-0.05, 0) is 41.4 Å². The molecule has 0 saturated heterocycles. The van der Waals surface area contributed by atoms with Crippen LogP contribution in [0.5, 0.6) is 0 Å². The maximum atomic E-state index is 6.26. The Morgan fingerprint density at radius 3 is 2.95 bits per heavy atom. The molecule has 21 heavy (non-hydrogen) atoms. The van der Waals surface area contributed by atoms with Crippen molar-refractivity contribution in [2.75, 3.05) is 0 Å². The minimum absolute atomic E-state index is 0.150. The van der Waals surface area contributed by atoms with E-state index in [1.807, 2.05) is 29.9 Å². The standard InChI is InChI=1S/C14H15BrClN5/c1-10(16)13-19-12-8-11(15)9-17-14(12)21(13)7-3-6-20-5-2-4-18-20/h2,4-5,8-10H,3,6-7H2,1H3. The number of imidazole rings is 1. The predicted octanol–water partition coefficient (Wildman–Crippen LogP) is 3.78. The average molecular weight is 369 g/mol. The fraction of sp³-hybridized carbons (Fsp3) is 0.357. The molecule has 0 fully saturated rings. The van der Waals surface area contributed by atoms with Crippen LogP contribution in [0.2, 0.25) is 0 Å². The van der Waals surface area contributed by atoms with Crippen LogP contribution in [0, 0.1) is 0 Å². The van der Waals surface area contributed by atoms with Gasteiger partial charge in [-0.3, -0.25) is 4.68 Å². The molecule has 3 aromatic rings.